The van der Waals surface area contributed by atoms with Crippen molar-refractivity contribution in [2.24, 2.45) is 5.92 Å². The van der Waals surface area contributed by atoms with E-state index in [1.54, 1.807) is 0 Å². The maximum atomic E-state index is 11.8. The number of nitrogens with one attached hydrogen (secondary N) is 2. The zero-order valence-corrected chi connectivity index (χ0v) is 12.6. The van der Waals surface area contributed by atoms with Crippen molar-refractivity contribution in [2.45, 2.75) is 39.2 Å². The summed E-state index contributed by atoms with van der Waals surface area (Å²) in [5, 5.41) is 14.5. The number of benzene rings is 1. The van der Waals surface area contributed by atoms with Crippen molar-refractivity contribution in [3.8, 4) is 0 Å². The van der Waals surface area contributed by atoms with Gasteiger partial charge in [-0.15, -0.1) is 0 Å². The lowest BCUT2D eigenvalue weighted by Crippen LogP contribution is -2.39. The molecule has 5 nitrogen and oxygen atoms in total. The normalized spacial score (nSPS) is 12.0. The first-order chi connectivity index (χ1) is 9.99. The molecule has 1 aromatic rings. The molecule has 0 aliphatic heterocycles. The van der Waals surface area contributed by atoms with Gasteiger partial charge in [-0.25, -0.2) is 4.79 Å². The monoisotopic (exact) mass is 292 g/mol. The van der Waals surface area contributed by atoms with Gasteiger partial charge >= 0.3 is 12.0 Å². The number of carbonyl (C=O) groups excluding carboxylic acids is 1. The van der Waals surface area contributed by atoms with E-state index in [-0.39, 0.29) is 12.5 Å². The van der Waals surface area contributed by atoms with Gasteiger partial charge in [-0.3, -0.25) is 4.79 Å². The Morgan fingerprint density at radius 3 is 2.43 bits per heavy atom. The van der Waals surface area contributed by atoms with Crippen molar-refractivity contribution in [1.82, 2.24) is 10.6 Å². The van der Waals surface area contributed by atoms with Gasteiger partial charge in [0.05, 0.1) is 12.5 Å². The Balaban J connectivity index is 2.49. The lowest BCUT2D eigenvalue weighted by molar-refractivity contribution is -0.137. The van der Waals surface area contributed by atoms with Gasteiger partial charge in [0.25, 0.3) is 0 Å². The Bertz CT molecular complexity index is 446. The Labute approximate surface area is 125 Å². The molecular formula is C16H24N2O3. The van der Waals surface area contributed by atoms with Crippen molar-refractivity contribution < 1.29 is 14.7 Å². The number of carboxylic acids is 1. The Morgan fingerprint density at radius 2 is 1.86 bits per heavy atom. The summed E-state index contributed by atoms with van der Waals surface area (Å²) >= 11 is 0. The van der Waals surface area contributed by atoms with Crippen LogP contribution in [0.1, 0.15) is 44.7 Å². The molecule has 0 aromatic heterocycles. The van der Waals surface area contributed by atoms with Crippen LogP contribution in [-0.4, -0.2) is 23.7 Å². The van der Waals surface area contributed by atoms with E-state index in [4.69, 9.17) is 5.11 Å². The van der Waals surface area contributed by atoms with Crippen LogP contribution in [0.2, 0.25) is 0 Å². The molecule has 0 aliphatic carbocycles. The maximum Gasteiger partial charge on any atom is 0.315 e. The van der Waals surface area contributed by atoms with Crippen molar-refractivity contribution in [1.29, 1.82) is 0 Å². The van der Waals surface area contributed by atoms with Gasteiger partial charge in [0.1, 0.15) is 0 Å². The first-order valence-electron chi connectivity index (χ1n) is 7.30. The molecule has 1 aromatic carbocycles. The summed E-state index contributed by atoms with van der Waals surface area (Å²) < 4.78 is 0. The largest absolute Gasteiger partial charge is 0.481 e. The molecule has 116 valence electrons. The van der Waals surface area contributed by atoms with Gasteiger partial charge in [0.15, 0.2) is 0 Å². The molecule has 0 aliphatic rings. The molecule has 2 amide bonds. The summed E-state index contributed by atoms with van der Waals surface area (Å²) in [6.45, 7) is 4.87. The van der Waals surface area contributed by atoms with Gasteiger partial charge in [-0.2, -0.15) is 0 Å². The quantitative estimate of drug-likeness (QED) is 0.645. The van der Waals surface area contributed by atoms with Crippen LogP contribution in [0.4, 0.5) is 4.79 Å². The average Bonchev–Trinajstić information content (AvgIpc) is 2.43. The fourth-order valence-electron chi connectivity index (χ4n) is 2.03. The highest BCUT2D eigenvalue weighted by atomic mass is 16.4. The number of carboxylic acid groups (broad SMARTS) is 1. The summed E-state index contributed by atoms with van der Waals surface area (Å²) in [5.74, 6) is -0.331. The van der Waals surface area contributed by atoms with Crippen LogP contribution in [0, 0.1) is 5.92 Å². The molecule has 3 N–H and O–H groups in total. The van der Waals surface area contributed by atoms with Crippen LogP contribution >= 0.6 is 0 Å². The number of hydrogen-bond acceptors (Lipinski definition) is 2. The number of amides is 2. The third-order valence-corrected chi connectivity index (χ3v) is 3.13. The van der Waals surface area contributed by atoms with Gasteiger partial charge in [0.2, 0.25) is 0 Å². The van der Waals surface area contributed by atoms with E-state index in [0.717, 1.165) is 18.4 Å². The van der Waals surface area contributed by atoms with E-state index in [9.17, 15) is 9.59 Å². The predicted molar refractivity (Wildman–Crippen MR) is 82.0 cm³/mol. The van der Waals surface area contributed by atoms with Crippen LogP contribution < -0.4 is 10.6 Å². The third-order valence-electron chi connectivity index (χ3n) is 3.13. The minimum atomic E-state index is -0.941. The predicted octanol–water partition coefficient (Wildman–Crippen LogP) is 2.94. The second-order valence-corrected chi connectivity index (χ2v) is 5.50. The molecule has 1 atom stereocenters. The van der Waals surface area contributed by atoms with Crippen molar-refractivity contribution in [2.75, 3.05) is 6.54 Å². The molecule has 0 heterocycles. The molecule has 0 saturated carbocycles. The first kappa shape index (κ1) is 17.0. The third kappa shape index (κ3) is 7.34. The van der Waals surface area contributed by atoms with Gasteiger partial charge in [0, 0.05) is 6.54 Å². The summed E-state index contributed by atoms with van der Waals surface area (Å²) in [5.41, 5.74) is 0.789. The number of hydrogen-bond donors (Lipinski definition) is 3. The van der Waals surface area contributed by atoms with E-state index >= 15 is 0 Å². The van der Waals surface area contributed by atoms with Crippen LogP contribution in [-0.2, 0) is 4.79 Å². The molecule has 0 radical (unpaired) electrons. The van der Waals surface area contributed by atoms with Crippen LogP contribution in [0.3, 0.4) is 0 Å². The van der Waals surface area contributed by atoms with Crippen LogP contribution in [0.15, 0.2) is 30.3 Å². The van der Waals surface area contributed by atoms with E-state index in [0.29, 0.717) is 12.5 Å². The minimum absolute atomic E-state index is 0.135. The second kappa shape index (κ2) is 9.00. The fraction of sp³-hybridized carbons (Fsp3) is 0.500. The van der Waals surface area contributed by atoms with Gasteiger partial charge < -0.3 is 15.7 Å². The zero-order valence-electron chi connectivity index (χ0n) is 12.6. The number of rotatable bonds is 8. The Hall–Kier alpha value is -2.04. The van der Waals surface area contributed by atoms with Crippen molar-refractivity contribution >= 4 is 12.0 Å². The molecular weight excluding hydrogens is 268 g/mol. The molecule has 1 unspecified atom stereocenters. The molecule has 0 spiro atoms. The summed E-state index contributed by atoms with van der Waals surface area (Å²) in [6.07, 6.45) is 1.83. The smallest absolute Gasteiger partial charge is 0.315 e. The Morgan fingerprint density at radius 1 is 1.19 bits per heavy atom. The molecule has 0 bridgehead atoms. The fourth-order valence-corrected chi connectivity index (χ4v) is 2.03. The number of urea groups is 1. The average molecular weight is 292 g/mol. The standard InChI is InChI=1S/C16H24N2O3/c1-12(2)7-6-10-17-16(21)18-14(11-15(19)20)13-8-4-3-5-9-13/h3-5,8-9,12,14H,6-7,10-11H2,1-2H3,(H,19,20)(H2,17,18,21). The first-order valence-corrected chi connectivity index (χ1v) is 7.30. The highest BCUT2D eigenvalue weighted by Crippen LogP contribution is 2.16. The molecule has 0 saturated heterocycles. The topological polar surface area (TPSA) is 78.4 Å². The van der Waals surface area contributed by atoms with Gasteiger partial charge in [-0.05, 0) is 24.3 Å². The summed E-state index contributed by atoms with van der Waals surface area (Å²) in [4.78, 5) is 22.8. The second-order valence-electron chi connectivity index (χ2n) is 5.50. The van der Waals surface area contributed by atoms with Crippen LogP contribution in [0.5, 0.6) is 0 Å². The molecule has 5 heteroatoms. The molecule has 0 fully saturated rings. The lowest BCUT2D eigenvalue weighted by atomic mass is 10.0. The van der Waals surface area contributed by atoms with Crippen molar-refractivity contribution in [3.63, 3.8) is 0 Å². The Kier molecular flexibility index (Phi) is 7.29. The number of aliphatic carboxylic acids is 1. The highest BCUT2D eigenvalue weighted by Gasteiger charge is 2.17. The SMILES string of the molecule is CC(C)CCCNC(=O)NC(CC(=O)O)c1ccccc1. The van der Waals surface area contributed by atoms with Crippen molar-refractivity contribution in [3.05, 3.63) is 35.9 Å². The lowest BCUT2D eigenvalue weighted by Gasteiger charge is -2.18. The van der Waals surface area contributed by atoms with E-state index < -0.39 is 12.0 Å². The van der Waals surface area contributed by atoms with E-state index in [1.165, 1.54) is 0 Å². The highest BCUT2D eigenvalue weighted by molar-refractivity contribution is 5.76. The summed E-state index contributed by atoms with van der Waals surface area (Å²) in [7, 11) is 0. The number of carbonyl (C=O) groups is 2. The van der Waals surface area contributed by atoms with E-state index in [2.05, 4.69) is 24.5 Å². The molecule has 21 heavy (non-hydrogen) atoms. The minimum Gasteiger partial charge on any atom is -0.481 e. The summed E-state index contributed by atoms with van der Waals surface area (Å²) in [6, 6.07) is 8.29. The zero-order chi connectivity index (χ0) is 15.7. The van der Waals surface area contributed by atoms with Gasteiger partial charge in [-0.1, -0.05) is 44.2 Å². The van der Waals surface area contributed by atoms with Crippen LogP contribution in [0.25, 0.3) is 0 Å². The van der Waals surface area contributed by atoms with E-state index in [1.807, 2.05) is 30.3 Å². The molecule has 1 rings (SSSR count). The maximum absolute atomic E-state index is 11.8.